The Kier molecular flexibility index (Phi) is 12.3. The number of benzene rings is 1. The van der Waals surface area contributed by atoms with Crippen molar-refractivity contribution in [1.82, 2.24) is 5.32 Å². The molecule has 1 unspecified atom stereocenters. The maximum atomic E-state index is 12.0. The number of esters is 2. The predicted octanol–water partition coefficient (Wildman–Crippen LogP) is 3.57. The Morgan fingerprint density at radius 1 is 1.10 bits per heavy atom. The van der Waals surface area contributed by atoms with Crippen molar-refractivity contribution in [3.05, 3.63) is 29.3 Å². The summed E-state index contributed by atoms with van der Waals surface area (Å²) in [6.45, 7) is 1.54. The molecule has 156 valence electrons. The van der Waals surface area contributed by atoms with Gasteiger partial charge in [0.05, 0.1) is 0 Å². The van der Waals surface area contributed by atoms with Crippen LogP contribution in [0.1, 0.15) is 51.9 Å². The summed E-state index contributed by atoms with van der Waals surface area (Å²) in [4.78, 5) is 35.1. The van der Waals surface area contributed by atoms with Gasteiger partial charge in [-0.3, -0.25) is 9.59 Å². The van der Waals surface area contributed by atoms with Gasteiger partial charge < -0.3 is 19.5 Å². The van der Waals surface area contributed by atoms with Crippen LogP contribution in [0, 0.1) is 5.92 Å². The molecule has 0 bridgehead atoms. The van der Waals surface area contributed by atoms with Crippen molar-refractivity contribution in [1.29, 1.82) is 0 Å². The predicted molar refractivity (Wildman–Crippen MR) is 110 cm³/mol. The normalized spacial score (nSPS) is 14.8. The fourth-order valence-corrected chi connectivity index (χ4v) is 3.17. The Morgan fingerprint density at radius 3 is 2.38 bits per heavy atom. The number of halogens is 1. The van der Waals surface area contributed by atoms with Gasteiger partial charge in [-0.25, -0.2) is 4.79 Å². The van der Waals surface area contributed by atoms with Crippen LogP contribution in [0.25, 0.3) is 0 Å². The zero-order chi connectivity index (χ0) is 20.4. The molecule has 9 heteroatoms. The number of hydrogen-bond donors (Lipinski definition) is 1. The van der Waals surface area contributed by atoms with E-state index in [2.05, 4.69) is 5.32 Å². The number of amides is 1. The van der Waals surface area contributed by atoms with E-state index in [1.807, 2.05) is 0 Å². The molecular formula is C20H27ClNNaO6. The van der Waals surface area contributed by atoms with Gasteiger partial charge >= 0.3 is 47.6 Å². The average molecular weight is 436 g/mol. The third kappa shape index (κ3) is 10.3. The number of ether oxygens (including phenoxy) is 3. The third-order valence-corrected chi connectivity index (χ3v) is 4.66. The minimum absolute atomic E-state index is 0. The zero-order valence-corrected chi connectivity index (χ0v) is 16.7. The summed E-state index contributed by atoms with van der Waals surface area (Å²) in [5.41, 5.74) is 0. The average Bonchev–Trinajstić information content (AvgIpc) is 2.67. The number of carbonyl (C=O) groups excluding carboxylic acids is 3. The fourth-order valence-electron chi connectivity index (χ4n) is 3.04. The topological polar surface area (TPSA) is 90.9 Å². The second-order valence-corrected chi connectivity index (χ2v) is 7.18. The van der Waals surface area contributed by atoms with Crippen LogP contribution in [0.4, 0.5) is 4.79 Å². The van der Waals surface area contributed by atoms with Crippen LogP contribution in [-0.4, -0.2) is 60.4 Å². The molecule has 1 aliphatic rings. The molecule has 1 fully saturated rings. The van der Waals surface area contributed by atoms with Gasteiger partial charge in [-0.2, -0.15) is 0 Å². The quantitative estimate of drug-likeness (QED) is 0.221. The Labute approximate surface area is 198 Å². The molecule has 1 amide bonds. The molecule has 1 saturated carbocycles. The number of hydrogen-bond acceptors (Lipinski definition) is 6. The summed E-state index contributed by atoms with van der Waals surface area (Å²) in [5.74, 6) is -0.443. The Hall–Kier alpha value is -1.28. The Morgan fingerprint density at radius 2 is 1.76 bits per heavy atom. The van der Waals surface area contributed by atoms with Crippen molar-refractivity contribution in [3.63, 3.8) is 0 Å². The third-order valence-electron chi connectivity index (χ3n) is 4.41. The summed E-state index contributed by atoms with van der Waals surface area (Å²) in [6.07, 6.45) is 3.93. The zero-order valence-electron chi connectivity index (χ0n) is 15.9. The molecule has 7 nitrogen and oxygen atoms in total. The van der Waals surface area contributed by atoms with E-state index in [-0.39, 0.29) is 48.4 Å². The second kappa shape index (κ2) is 13.9. The summed E-state index contributed by atoms with van der Waals surface area (Å²) in [7, 11) is 0. The van der Waals surface area contributed by atoms with E-state index >= 15 is 0 Å². The molecule has 1 aromatic rings. The van der Waals surface area contributed by atoms with Crippen molar-refractivity contribution in [2.75, 3.05) is 6.54 Å². The first-order valence-electron chi connectivity index (χ1n) is 9.52. The van der Waals surface area contributed by atoms with Crippen LogP contribution in [0.5, 0.6) is 5.75 Å². The van der Waals surface area contributed by atoms with Crippen LogP contribution in [0.3, 0.4) is 0 Å². The maximum absolute atomic E-state index is 12.0. The van der Waals surface area contributed by atoms with Crippen molar-refractivity contribution < 1.29 is 28.6 Å². The van der Waals surface area contributed by atoms with Crippen molar-refractivity contribution in [2.45, 2.75) is 58.2 Å². The molecular weight excluding hydrogens is 409 g/mol. The molecule has 1 N–H and O–H groups in total. The fraction of sp³-hybridized carbons (Fsp3) is 0.550. The van der Waals surface area contributed by atoms with Crippen LogP contribution in [0.2, 0.25) is 5.02 Å². The summed E-state index contributed by atoms with van der Waals surface area (Å²) in [5, 5.41) is 3.13. The van der Waals surface area contributed by atoms with E-state index < -0.39 is 24.3 Å². The molecule has 0 aromatic heterocycles. The molecule has 29 heavy (non-hydrogen) atoms. The Balaban J connectivity index is 0.00000420. The summed E-state index contributed by atoms with van der Waals surface area (Å²) in [6, 6.07) is 6.48. The number of nitrogens with one attached hydrogen (secondary N) is 1. The van der Waals surface area contributed by atoms with Crippen LogP contribution >= 0.6 is 11.6 Å². The van der Waals surface area contributed by atoms with Crippen molar-refractivity contribution in [3.8, 4) is 5.75 Å². The molecule has 2 rings (SSSR count). The van der Waals surface area contributed by atoms with Gasteiger partial charge in [-0.1, -0.05) is 30.9 Å². The van der Waals surface area contributed by atoms with Gasteiger partial charge in [0.2, 0.25) is 0 Å². The van der Waals surface area contributed by atoms with Crippen molar-refractivity contribution in [2.24, 2.45) is 5.92 Å². The molecule has 1 aromatic carbocycles. The van der Waals surface area contributed by atoms with Crippen LogP contribution in [0.15, 0.2) is 24.3 Å². The first kappa shape index (κ1) is 25.8. The minimum atomic E-state index is -0.868. The van der Waals surface area contributed by atoms with E-state index in [0.29, 0.717) is 17.2 Å². The van der Waals surface area contributed by atoms with Crippen molar-refractivity contribution >= 4 is 59.2 Å². The van der Waals surface area contributed by atoms with Gasteiger partial charge in [-0.05, 0) is 43.5 Å². The molecule has 0 saturated heterocycles. The molecule has 0 spiro atoms. The van der Waals surface area contributed by atoms with E-state index in [4.69, 9.17) is 25.8 Å². The SMILES string of the molecule is CC(=O)OC(OC(=O)NCCCC(=O)Oc1ccc(Cl)cc1)C1CCCCC1.[NaH]. The van der Waals surface area contributed by atoms with Crippen LogP contribution in [-0.2, 0) is 19.1 Å². The van der Waals surface area contributed by atoms with Gasteiger partial charge in [0.1, 0.15) is 5.75 Å². The molecule has 0 radical (unpaired) electrons. The van der Waals surface area contributed by atoms with Gasteiger partial charge in [-0.15, -0.1) is 0 Å². The number of rotatable bonds is 8. The summed E-state index contributed by atoms with van der Waals surface area (Å²) >= 11 is 5.77. The van der Waals surface area contributed by atoms with Gasteiger partial charge in [0.25, 0.3) is 6.29 Å². The first-order valence-corrected chi connectivity index (χ1v) is 9.90. The van der Waals surface area contributed by atoms with Gasteiger partial charge in [0, 0.05) is 30.8 Å². The monoisotopic (exact) mass is 435 g/mol. The van der Waals surface area contributed by atoms with Crippen LogP contribution < -0.4 is 10.1 Å². The van der Waals surface area contributed by atoms with E-state index in [0.717, 1.165) is 32.1 Å². The second-order valence-electron chi connectivity index (χ2n) is 6.74. The Bertz CT molecular complexity index is 663. The molecule has 1 aliphatic carbocycles. The standard InChI is InChI=1S/C20H26ClNO6.Na.H/c1-14(23)26-19(15-6-3-2-4-7-15)28-20(25)22-13-5-8-18(24)27-17-11-9-16(21)10-12-17;;/h9-12,15,19H,2-8,13H2,1H3,(H,22,25);;. The molecule has 0 heterocycles. The molecule has 0 aliphatic heterocycles. The summed E-state index contributed by atoms with van der Waals surface area (Å²) < 4.78 is 15.6. The van der Waals surface area contributed by atoms with E-state index in [9.17, 15) is 14.4 Å². The first-order chi connectivity index (χ1) is 13.4. The van der Waals surface area contributed by atoms with Gasteiger partial charge in [0.15, 0.2) is 0 Å². The van der Waals surface area contributed by atoms with E-state index in [1.54, 1.807) is 24.3 Å². The molecule has 1 atom stereocenters. The number of alkyl carbamates (subject to hydrolysis) is 1. The van der Waals surface area contributed by atoms with E-state index in [1.165, 1.54) is 6.92 Å². The number of carbonyl (C=O) groups is 3.